The molecule has 0 spiro atoms. The summed E-state index contributed by atoms with van der Waals surface area (Å²) in [6.45, 7) is 8.05. The molecule has 0 atom stereocenters. The average molecular weight is 419 g/mol. The lowest BCUT2D eigenvalue weighted by Crippen LogP contribution is -2.49. The van der Waals surface area contributed by atoms with Crippen LogP contribution in [-0.4, -0.2) is 47.3 Å². The number of hydrogen-bond acceptors (Lipinski definition) is 3. The zero-order valence-electron chi connectivity index (χ0n) is 18.6. The van der Waals surface area contributed by atoms with Gasteiger partial charge in [0.05, 0.1) is 0 Å². The van der Waals surface area contributed by atoms with Crippen LogP contribution >= 0.6 is 0 Å². The van der Waals surface area contributed by atoms with Crippen LogP contribution in [-0.2, 0) is 0 Å². The molecule has 2 heterocycles. The van der Waals surface area contributed by atoms with Gasteiger partial charge in [0.1, 0.15) is 5.58 Å². The minimum Gasteiger partial charge on any atom is -0.450 e. The largest absolute Gasteiger partial charge is 0.450 e. The summed E-state index contributed by atoms with van der Waals surface area (Å²) in [5.41, 5.74) is 3.45. The molecule has 1 aliphatic rings. The summed E-state index contributed by atoms with van der Waals surface area (Å²) in [4.78, 5) is 30.1. The number of carbonyl (C=O) groups excluding carboxylic acids is 2. The summed E-state index contributed by atoms with van der Waals surface area (Å²) in [7, 11) is 0. The first-order valence-electron chi connectivity index (χ1n) is 11.1. The number of furan rings is 1. The Kier molecular flexibility index (Phi) is 6.12. The summed E-state index contributed by atoms with van der Waals surface area (Å²) in [5.74, 6) is 0.472. The Morgan fingerprint density at radius 2 is 1.74 bits per heavy atom. The first-order chi connectivity index (χ1) is 15.0. The second kappa shape index (κ2) is 8.96. The predicted octanol–water partition coefficient (Wildman–Crippen LogP) is 5.21. The molecule has 0 radical (unpaired) electrons. The van der Waals surface area contributed by atoms with Crippen molar-refractivity contribution in [3.05, 3.63) is 71.0 Å². The van der Waals surface area contributed by atoms with Crippen LogP contribution < -0.4 is 0 Å². The van der Waals surface area contributed by atoms with E-state index in [0.29, 0.717) is 25.4 Å². The molecule has 4 rings (SSSR count). The third kappa shape index (κ3) is 4.09. The fraction of sp³-hybridized carbons (Fsp3) is 0.385. The van der Waals surface area contributed by atoms with E-state index >= 15 is 0 Å². The predicted molar refractivity (Wildman–Crippen MR) is 122 cm³/mol. The zero-order chi connectivity index (χ0) is 22.0. The quantitative estimate of drug-likeness (QED) is 0.572. The van der Waals surface area contributed by atoms with Gasteiger partial charge in [-0.05, 0) is 50.8 Å². The summed E-state index contributed by atoms with van der Waals surface area (Å²) in [5, 5.41) is 1.00. The lowest BCUT2D eigenvalue weighted by molar-refractivity contribution is 0.0499. The maximum atomic E-state index is 13.5. The van der Waals surface area contributed by atoms with Gasteiger partial charge in [0.25, 0.3) is 11.8 Å². The van der Waals surface area contributed by atoms with E-state index in [0.717, 1.165) is 46.9 Å². The summed E-state index contributed by atoms with van der Waals surface area (Å²) in [6, 6.07) is 15.5. The minimum absolute atomic E-state index is 0.0391. The number of nitrogens with zero attached hydrogens (tertiary/aromatic N) is 2. The maximum Gasteiger partial charge on any atom is 0.290 e. The summed E-state index contributed by atoms with van der Waals surface area (Å²) in [6.07, 6.45) is 2.44. The highest BCUT2D eigenvalue weighted by Gasteiger charge is 2.32. The van der Waals surface area contributed by atoms with Gasteiger partial charge < -0.3 is 14.2 Å². The Hall–Kier alpha value is -3.08. The fourth-order valence-corrected chi connectivity index (χ4v) is 4.55. The van der Waals surface area contributed by atoms with Crippen molar-refractivity contribution in [2.75, 3.05) is 19.6 Å². The van der Waals surface area contributed by atoms with Crippen molar-refractivity contribution in [1.29, 1.82) is 0 Å². The smallest absolute Gasteiger partial charge is 0.290 e. The normalized spacial score (nSPS) is 14.7. The van der Waals surface area contributed by atoms with E-state index < -0.39 is 0 Å². The first-order valence-corrected chi connectivity index (χ1v) is 11.1. The maximum absolute atomic E-state index is 13.5. The van der Waals surface area contributed by atoms with Gasteiger partial charge in [-0.25, -0.2) is 0 Å². The lowest BCUT2D eigenvalue weighted by atomic mass is 10.0. The molecular weight excluding hydrogens is 388 g/mol. The Bertz CT molecular complexity index is 1080. The van der Waals surface area contributed by atoms with E-state index in [2.05, 4.69) is 6.92 Å². The average Bonchev–Trinajstić information content (AvgIpc) is 3.15. The van der Waals surface area contributed by atoms with Gasteiger partial charge in [-0.15, -0.1) is 0 Å². The molecule has 1 fully saturated rings. The highest BCUT2D eigenvalue weighted by Crippen LogP contribution is 2.30. The van der Waals surface area contributed by atoms with Crippen LogP contribution in [0.1, 0.15) is 58.2 Å². The van der Waals surface area contributed by atoms with Crippen molar-refractivity contribution in [3.8, 4) is 0 Å². The second-order valence-corrected chi connectivity index (χ2v) is 8.40. The summed E-state index contributed by atoms with van der Waals surface area (Å²) < 4.78 is 6.07. The highest BCUT2D eigenvalue weighted by molar-refractivity contribution is 5.99. The second-order valence-electron chi connectivity index (χ2n) is 8.40. The number of aryl methyl sites for hydroxylation is 2. The van der Waals surface area contributed by atoms with Crippen molar-refractivity contribution in [2.45, 2.75) is 46.1 Å². The van der Waals surface area contributed by atoms with Crippen LogP contribution in [0.3, 0.4) is 0 Å². The van der Waals surface area contributed by atoms with Gasteiger partial charge in [0, 0.05) is 42.2 Å². The molecule has 5 nitrogen and oxygen atoms in total. The van der Waals surface area contributed by atoms with E-state index in [1.54, 1.807) is 0 Å². The van der Waals surface area contributed by atoms with Crippen LogP contribution in [0.15, 0.2) is 52.9 Å². The number of benzene rings is 2. The number of carbonyl (C=O) groups is 2. The fourth-order valence-electron chi connectivity index (χ4n) is 4.55. The molecule has 0 unspecified atom stereocenters. The van der Waals surface area contributed by atoms with Crippen molar-refractivity contribution in [1.82, 2.24) is 9.80 Å². The molecular formula is C26H30N2O3. The third-order valence-corrected chi connectivity index (χ3v) is 6.29. The molecule has 1 aliphatic heterocycles. The number of para-hydroxylation sites is 1. The van der Waals surface area contributed by atoms with Crippen LogP contribution in [0.5, 0.6) is 0 Å². The van der Waals surface area contributed by atoms with Crippen molar-refractivity contribution >= 4 is 22.8 Å². The Balaban J connectivity index is 1.51. The van der Waals surface area contributed by atoms with Crippen LogP contribution in [0, 0.1) is 13.8 Å². The molecule has 0 aliphatic carbocycles. The molecule has 1 aromatic heterocycles. The molecule has 3 aromatic rings. The SMILES string of the molecule is CCCN(C(=O)c1oc2c(C)cccc2c1C)C1CCN(C(=O)c2ccccc2)CC1. The number of fused-ring (bicyclic) bond motifs is 1. The van der Waals surface area contributed by atoms with Crippen molar-refractivity contribution in [2.24, 2.45) is 0 Å². The van der Waals surface area contributed by atoms with Crippen molar-refractivity contribution < 1.29 is 14.0 Å². The van der Waals surface area contributed by atoms with Crippen LogP contribution in [0.4, 0.5) is 0 Å². The number of likely N-dealkylation sites (tertiary alicyclic amines) is 1. The lowest BCUT2D eigenvalue weighted by Gasteiger charge is -2.38. The number of amides is 2. The van der Waals surface area contributed by atoms with Crippen LogP contribution in [0.2, 0.25) is 0 Å². The number of rotatable bonds is 5. The third-order valence-electron chi connectivity index (χ3n) is 6.29. The highest BCUT2D eigenvalue weighted by atomic mass is 16.3. The topological polar surface area (TPSA) is 53.8 Å². The molecule has 2 aromatic carbocycles. The van der Waals surface area contributed by atoms with Gasteiger partial charge in [-0.3, -0.25) is 9.59 Å². The van der Waals surface area contributed by atoms with E-state index in [1.807, 2.05) is 72.2 Å². The molecule has 0 N–H and O–H groups in total. The molecule has 162 valence electrons. The summed E-state index contributed by atoms with van der Waals surface area (Å²) >= 11 is 0. The molecule has 1 saturated heterocycles. The standard InChI is InChI=1S/C26H30N2O3/c1-4-15-28(26(30)24-19(3)22-12-8-9-18(2)23(22)31-24)21-13-16-27(17-14-21)25(29)20-10-6-5-7-11-20/h5-12,21H,4,13-17H2,1-3H3. The van der Waals surface area contributed by atoms with E-state index in [1.165, 1.54) is 0 Å². The van der Waals surface area contributed by atoms with E-state index in [-0.39, 0.29) is 17.9 Å². The molecule has 2 amide bonds. The Morgan fingerprint density at radius 3 is 2.39 bits per heavy atom. The first kappa shape index (κ1) is 21.2. The number of hydrogen-bond donors (Lipinski definition) is 0. The number of piperidine rings is 1. The van der Waals surface area contributed by atoms with Gasteiger partial charge in [0.15, 0.2) is 5.76 Å². The zero-order valence-corrected chi connectivity index (χ0v) is 18.6. The van der Waals surface area contributed by atoms with Gasteiger partial charge >= 0.3 is 0 Å². The molecule has 5 heteroatoms. The Morgan fingerprint density at radius 1 is 1.03 bits per heavy atom. The monoisotopic (exact) mass is 418 g/mol. The van der Waals surface area contributed by atoms with E-state index in [9.17, 15) is 9.59 Å². The Labute approximate surface area is 183 Å². The van der Waals surface area contributed by atoms with Gasteiger partial charge in [-0.1, -0.05) is 43.3 Å². The molecule has 0 bridgehead atoms. The minimum atomic E-state index is -0.0391. The van der Waals surface area contributed by atoms with Crippen molar-refractivity contribution in [3.63, 3.8) is 0 Å². The molecule has 31 heavy (non-hydrogen) atoms. The van der Waals surface area contributed by atoms with Crippen LogP contribution in [0.25, 0.3) is 11.0 Å². The molecule has 0 saturated carbocycles. The van der Waals surface area contributed by atoms with Gasteiger partial charge in [0.2, 0.25) is 0 Å². The van der Waals surface area contributed by atoms with E-state index in [4.69, 9.17) is 4.42 Å². The van der Waals surface area contributed by atoms with Gasteiger partial charge in [-0.2, -0.15) is 0 Å².